The Morgan fingerprint density at radius 2 is 1.57 bits per heavy atom. The van der Waals surface area contributed by atoms with Crippen LogP contribution < -0.4 is 4.90 Å². The first kappa shape index (κ1) is 31.4. The molecule has 4 rings (SSSR count). The molecule has 0 aliphatic heterocycles. The SMILES string of the molecule is CC(C)CN(Cc1ccc(-c2csc(CN(CC(=O)O)S(=O)(=O)c3ccccc3)n2)cc1)c1ccc(C(C)(C)C)cc1. The monoisotopic (exact) mass is 605 g/mol. The van der Waals surface area contributed by atoms with Crippen LogP contribution in [0.3, 0.4) is 0 Å². The second-order valence-corrected chi connectivity index (χ2v) is 14.8. The average Bonchev–Trinajstić information content (AvgIpc) is 3.41. The van der Waals surface area contributed by atoms with Gasteiger partial charge in [0.2, 0.25) is 10.0 Å². The minimum atomic E-state index is -3.99. The zero-order valence-electron chi connectivity index (χ0n) is 24.8. The Balaban J connectivity index is 1.49. The first-order valence-electron chi connectivity index (χ1n) is 14.0. The van der Waals surface area contributed by atoms with Gasteiger partial charge in [-0.25, -0.2) is 13.4 Å². The summed E-state index contributed by atoms with van der Waals surface area (Å²) in [5.74, 6) is -0.718. The molecule has 0 bridgehead atoms. The van der Waals surface area contributed by atoms with Crippen molar-refractivity contribution in [2.45, 2.75) is 58.0 Å². The summed E-state index contributed by atoms with van der Waals surface area (Å²) in [4.78, 5) is 18.6. The van der Waals surface area contributed by atoms with Crippen molar-refractivity contribution in [1.29, 1.82) is 0 Å². The molecule has 1 aromatic heterocycles. The lowest BCUT2D eigenvalue weighted by atomic mass is 9.87. The van der Waals surface area contributed by atoms with Crippen molar-refractivity contribution < 1.29 is 18.3 Å². The van der Waals surface area contributed by atoms with E-state index in [0.29, 0.717) is 10.9 Å². The third-order valence-electron chi connectivity index (χ3n) is 6.86. The van der Waals surface area contributed by atoms with Crippen LogP contribution in [-0.2, 0) is 33.3 Å². The van der Waals surface area contributed by atoms with Gasteiger partial charge in [-0.2, -0.15) is 4.31 Å². The maximum absolute atomic E-state index is 13.1. The Hall–Kier alpha value is -3.53. The minimum Gasteiger partial charge on any atom is -0.480 e. The predicted octanol–water partition coefficient (Wildman–Crippen LogP) is 7.05. The quantitative estimate of drug-likeness (QED) is 0.186. The van der Waals surface area contributed by atoms with Gasteiger partial charge in [0.05, 0.1) is 17.1 Å². The van der Waals surface area contributed by atoms with Crippen molar-refractivity contribution in [3.05, 3.63) is 100 Å². The van der Waals surface area contributed by atoms with Crippen LogP contribution in [-0.4, -0.2) is 41.9 Å². The summed E-state index contributed by atoms with van der Waals surface area (Å²) >= 11 is 1.31. The molecule has 0 spiro atoms. The molecule has 7 nitrogen and oxygen atoms in total. The number of rotatable bonds is 12. The Morgan fingerprint density at radius 3 is 2.14 bits per heavy atom. The number of carboxylic acid groups (broad SMARTS) is 1. The molecule has 42 heavy (non-hydrogen) atoms. The van der Waals surface area contributed by atoms with Gasteiger partial charge in [0.15, 0.2) is 0 Å². The fraction of sp³-hybridized carbons (Fsp3) is 0.333. The van der Waals surface area contributed by atoms with Gasteiger partial charge < -0.3 is 10.0 Å². The van der Waals surface area contributed by atoms with Gasteiger partial charge in [-0.15, -0.1) is 11.3 Å². The molecule has 1 N–H and O–H groups in total. The first-order chi connectivity index (χ1) is 19.8. The van der Waals surface area contributed by atoms with E-state index >= 15 is 0 Å². The number of nitrogens with zero attached hydrogens (tertiary/aromatic N) is 3. The number of hydrogen-bond donors (Lipinski definition) is 1. The number of carbonyl (C=O) groups is 1. The second kappa shape index (κ2) is 13.2. The Bertz CT molecular complexity index is 1580. The van der Waals surface area contributed by atoms with Gasteiger partial charge in [-0.1, -0.05) is 89.2 Å². The molecular weight excluding hydrogens is 567 g/mol. The number of aliphatic carboxylic acids is 1. The van der Waals surface area contributed by atoms with Gasteiger partial charge in [0.25, 0.3) is 0 Å². The average molecular weight is 606 g/mol. The lowest BCUT2D eigenvalue weighted by Gasteiger charge is -2.28. The number of anilines is 1. The largest absolute Gasteiger partial charge is 0.480 e. The smallest absolute Gasteiger partial charge is 0.318 e. The highest BCUT2D eigenvalue weighted by molar-refractivity contribution is 7.89. The molecule has 222 valence electrons. The third-order valence-corrected chi connectivity index (χ3v) is 9.50. The van der Waals surface area contributed by atoms with Crippen LogP contribution in [0.15, 0.2) is 89.1 Å². The molecule has 0 saturated carbocycles. The van der Waals surface area contributed by atoms with E-state index in [9.17, 15) is 18.3 Å². The predicted molar refractivity (Wildman–Crippen MR) is 170 cm³/mol. The van der Waals surface area contributed by atoms with Gasteiger partial charge in [-0.3, -0.25) is 4.79 Å². The topological polar surface area (TPSA) is 90.8 Å². The molecule has 3 aromatic carbocycles. The molecule has 0 atom stereocenters. The molecule has 0 saturated heterocycles. The first-order valence-corrected chi connectivity index (χ1v) is 16.3. The van der Waals surface area contributed by atoms with E-state index in [1.54, 1.807) is 18.2 Å². The fourth-order valence-electron chi connectivity index (χ4n) is 4.66. The van der Waals surface area contributed by atoms with E-state index in [-0.39, 0.29) is 16.9 Å². The number of carboxylic acids is 1. The normalized spacial score (nSPS) is 12.2. The van der Waals surface area contributed by atoms with E-state index < -0.39 is 22.5 Å². The maximum atomic E-state index is 13.1. The molecule has 4 aromatic rings. The van der Waals surface area contributed by atoms with Gasteiger partial charge in [-0.05, 0) is 46.7 Å². The van der Waals surface area contributed by atoms with Crippen LogP contribution in [0, 0.1) is 5.92 Å². The number of sulfonamides is 1. The molecule has 9 heteroatoms. The molecule has 0 amide bonds. The zero-order chi connectivity index (χ0) is 30.5. The van der Waals surface area contributed by atoms with Crippen molar-refractivity contribution >= 4 is 33.0 Å². The summed E-state index contributed by atoms with van der Waals surface area (Å²) in [5, 5.41) is 11.8. The highest BCUT2D eigenvalue weighted by Crippen LogP contribution is 2.28. The van der Waals surface area contributed by atoms with Crippen molar-refractivity contribution in [2.75, 3.05) is 18.0 Å². The number of benzene rings is 3. The third kappa shape index (κ3) is 8.06. The minimum absolute atomic E-state index is 0.0512. The molecule has 0 fully saturated rings. The molecular formula is C33H39N3O4S2. The number of thiazole rings is 1. The van der Waals surface area contributed by atoms with Gasteiger partial charge in [0, 0.05) is 29.7 Å². The molecule has 0 aliphatic rings. The Morgan fingerprint density at radius 1 is 0.929 bits per heavy atom. The maximum Gasteiger partial charge on any atom is 0.318 e. The Kier molecular flexibility index (Phi) is 9.86. The lowest BCUT2D eigenvalue weighted by Crippen LogP contribution is -2.35. The van der Waals surface area contributed by atoms with Crippen molar-refractivity contribution in [2.24, 2.45) is 5.92 Å². The highest BCUT2D eigenvalue weighted by atomic mass is 32.2. The molecule has 0 unspecified atom stereocenters. The van der Waals surface area contributed by atoms with Crippen LogP contribution >= 0.6 is 11.3 Å². The summed E-state index contributed by atoms with van der Waals surface area (Å²) in [6.07, 6.45) is 0. The summed E-state index contributed by atoms with van der Waals surface area (Å²) < 4.78 is 27.2. The van der Waals surface area contributed by atoms with E-state index in [1.165, 1.54) is 40.3 Å². The van der Waals surface area contributed by atoms with E-state index in [1.807, 2.05) is 17.5 Å². The molecule has 0 aliphatic carbocycles. The summed E-state index contributed by atoms with van der Waals surface area (Å²) in [6, 6.07) is 25.0. The number of hydrogen-bond acceptors (Lipinski definition) is 6. The summed E-state index contributed by atoms with van der Waals surface area (Å²) in [5.41, 5.74) is 5.44. The Labute approximate surface area is 253 Å². The lowest BCUT2D eigenvalue weighted by molar-refractivity contribution is -0.137. The van der Waals surface area contributed by atoms with Crippen LogP contribution in [0.4, 0.5) is 5.69 Å². The van der Waals surface area contributed by atoms with Crippen molar-refractivity contribution in [3.8, 4) is 11.3 Å². The zero-order valence-corrected chi connectivity index (χ0v) is 26.5. The van der Waals surface area contributed by atoms with E-state index in [2.05, 4.69) is 80.9 Å². The van der Waals surface area contributed by atoms with Gasteiger partial charge >= 0.3 is 5.97 Å². The van der Waals surface area contributed by atoms with Gasteiger partial charge in [0.1, 0.15) is 11.6 Å². The van der Waals surface area contributed by atoms with Crippen LogP contribution in [0.25, 0.3) is 11.3 Å². The summed E-state index contributed by atoms with van der Waals surface area (Å²) in [7, 11) is -3.99. The van der Waals surface area contributed by atoms with E-state index in [4.69, 9.17) is 0 Å². The molecule has 0 radical (unpaired) electrons. The standard InChI is InChI=1S/C33H39N3O4S2/c1-24(2)19-35(28-17-15-27(16-18-28)33(3,4)5)20-25-11-13-26(14-12-25)30-23-41-31(34-30)21-36(22-32(37)38)42(39,40)29-9-7-6-8-10-29/h6-18,23-24H,19-22H2,1-5H3,(H,37,38). The van der Waals surface area contributed by atoms with Crippen molar-refractivity contribution in [3.63, 3.8) is 0 Å². The highest BCUT2D eigenvalue weighted by Gasteiger charge is 2.27. The van der Waals surface area contributed by atoms with Crippen molar-refractivity contribution in [1.82, 2.24) is 9.29 Å². The second-order valence-electron chi connectivity index (χ2n) is 11.9. The van der Waals surface area contributed by atoms with Crippen LogP contribution in [0.1, 0.15) is 50.8 Å². The molecule has 1 heterocycles. The fourth-order valence-corrected chi connectivity index (χ4v) is 6.93. The van der Waals surface area contributed by atoms with Crippen LogP contribution in [0.2, 0.25) is 0 Å². The van der Waals surface area contributed by atoms with Crippen LogP contribution in [0.5, 0.6) is 0 Å². The summed E-state index contributed by atoms with van der Waals surface area (Å²) in [6.45, 7) is 12.1. The van der Waals surface area contributed by atoms with E-state index in [0.717, 1.165) is 28.7 Å². The number of aromatic nitrogens is 1.